The van der Waals surface area contributed by atoms with Crippen molar-refractivity contribution in [3.63, 3.8) is 0 Å². The fourth-order valence-electron chi connectivity index (χ4n) is 4.47. The normalized spacial score (nSPS) is 13.4. The molecule has 4 aromatic rings. The van der Waals surface area contributed by atoms with E-state index in [1.165, 1.54) is 10.6 Å². The summed E-state index contributed by atoms with van der Waals surface area (Å²) >= 11 is 6.04. The Bertz CT molecular complexity index is 1480. The smallest absolute Gasteiger partial charge is 0.274 e. The largest absolute Gasteiger partial charge is 0.378 e. The highest BCUT2D eigenvalue weighted by Gasteiger charge is 2.23. The second-order valence-corrected chi connectivity index (χ2v) is 9.04. The van der Waals surface area contributed by atoms with Gasteiger partial charge in [0.15, 0.2) is 11.5 Å². The Morgan fingerprint density at radius 1 is 1.09 bits per heavy atom. The first kappa shape index (κ1) is 22.4. The van der Waals surface area contributed by atoms with Crippen LogP contribution in [0.25, 0.3) is 16.8 Å². The van der Waals surface area contributed by atoms with Crippen LogP contribution in [-0.2, 0) is 24.3 Å². The van der Waals surface area contributed by atoms with Crippen molar-refractivity contribution < 1.29 is 4.74 Å². The fraction of sp³-hybridized carbons (Fsp3) is 0.320. The van der Waals surface area contributed by atoms with E-state index < -0.39 is 0 Å². The molecule has 0 spiro atoms. The van der Waals surface area contributed by atoms with Crippen molar-refractivity contribution in [1.29, 1.82) is 0 Å². The van der Waals surface area contributed by atoms with Gasteiger partial charge in [0.05, 0.1) is 12.3 Å². The summed E-state index contributed by atoms with van der Waals surface area (Å²) < 4.78 is 6.55. The van der Waals surface area contributed by atoms with Crippen LogP contribution in [0.15, 0.2) is 35.4 Å². The van der Waals surface area contributed by atoms with E-state index in [-0.39, 0.29) is 12.2 Å². The van der Waals surface area contributed by atoms with Gasteiger partial charge in [-0.1, -0.05) is 11.6 Å². The van der Waals surface area contributed by atoms with Crippen LogP contribution in [0, 0.1) is 20.8 Å². The van der Waals surface area contributed by atoms with Crippen LogP contribution in [0.3, 0.4) is 0 Å². The van der Waals surface area contributed by atoms with Gasteiger partial charge in [-0.2, -0.15) is 4.52 Å². The average molecular weight is 477 g/mol. The fourth-order valence-corrected chi connectivity index (χ4v) is 4.68. The maximum Gasteiger partial charge on any atom is 0.274 e. The third-order valence-corrected chi connectivity index (χ3v) is 6.60. The second-order valence-electron chi connectivity index (χ2n) is 8.65. The van der Waals surface area contributed by atoms with E-state index in [1.807, 2.05) is 33.0 Å². The number of rotatable bonds is 4. The molecule has 0 aromatic carbocycles. The summed E-state index contributed by atoms with van der Waals surface area (Å²) in [4.78, 5) is 28.6. The van der Waals surface area contributed by atoms with E-state index >= 15 is 0 Å². The van der Waals surface area contributed by atoms with Crippen LogP contribution < -0.4 is 10.5 Å². The van der Waals surface area contributed by atoms with Crippen LogP contribution >= 0.6 is 11.6 Å². The molecule has 4 aromatic heterocycles. The molecule has 0 saturated heterocycles. The molecule has 0 N–H and O–H groups in total. The quantitative estimate of drug-likeness (QED) is 0.414. The first-order chi connectivity index (χ1) is 16.4. The van der Waals surface area contributed by atoms with Gasteiger partial charge < -0.3 is 9.64 Å². The van der Waals surface area contributed by atoms with Crippen molar-refractivity contribution in [1.82, 2.24) is 24.6 Å². The number of anilines is 1. The zero-order chi connectivity index (χ0) is 24.0. The first-order valence-corrected chi connectivity index (χ1v) is 11.5. The lowest BCUT2D eigenvalue weighted by Crippen LogP contribution is -2.34. The minimum atomic E-state index is -0.214. The van der Waals surface area contributed by atoms with Gasteiger partial charge in [0.1, 0.15) is 5.15 Å². The number of halogens is 1. The standard InChI is InChI=1S/C25H25ClN6O2/c1-14-7-22(26)28-11-20(14)17-8-18-12-31(6-5-21(18)27-10-17)25-16(3)15(2)24-29-19(13-34-4)9-23(33)32(24)30-25/h7-11H,5-6,12-13H2,1-4H3. The number of pyridine rings is 2. The highest BCUT2D eigenvalue weighted by Crippen LogP contribution is 2.30. The maximum absolute atomic E-state index is 12.8. The average Bonchev–Trinajstić information content (AvgIpc) is 2.81. The molecule has 0 aliphatic carbocycles. The third kappa shape index (κ3) is 3.93. The summed E-state index contributed by atoms with van der Waals surface area (Å²) in [6, 6.07) is 5.50. The van der Waals surface area contributed by atoms with E-state index in [9.17, 15) is 4.79 Å². The minimum Gasteiger partial charge on any atom is -0.378 e. The van der Waals surface area contributed by atoms with Gasteiger partial charge >= 0.3 is 0 Å². The van der Waals surface area contributed by atoms with Crippen LogP contribution in [0.1, 0.15) is 33.6 Å². The molecule has 34 heavy (non-hydrogen) atoms. The SMILES string of the molecule is COCc1cc(=O)n2nc(N3CCc4ncc(-c5cnc(Cl)cc5C)cc4C3)c(C)c(C)c2n1. The molecule has 0 atom stereocenters. The van der Waals surface area contributed by atoms with Gasteiger partial charge in [0, 0.05) is 73.0 Å². The number of nitrogens with zero attached hydrogens (tertiary/aromatic N) is 6. The number of aromatic nitrogens is 5. The Kier molecular flexibility index (Phi) is 5.79. The molecule has 0 bridgehead atoms. The Morgan fingerprint density at radius 2 is 1.91 bits per heavy atom. The number of hydrogen-bond donors (Lipinski definition) is 0. The lowest BCUT2D eigenvalue weighted by molar-refractivity contribution is 0.181. The summed E-state index contributed by atoms with van der Waals surface area (Å²) in [5.74, 6) is 0.786. The van der Waals surface area contributed by atoms with Gasteiger partial charge in [0.2, 0.25) is 0 Å². The van der Waals surface area contributed by atoms with Gasteiger partial charge in [-0.25, -0.2) is 9.97 Å². The van der Waals surface area contributed by atoms with E-state index in [1.54, 1.807) is 13.3 Å². The molecule has 0 unspecified atom stereocenters. The molecular formula is C25H25ClN6O2. The molecule has 1 aliphatic heterocycles. The maximum atomic E-state index is 12.8. The zero-order valence-corrected chi connectivity index (χ0v) is 20.3. The summed E-state index contributed by atoms with van der Waals surface area (Å²) in [5.41, 5.74) is 8.17. The Hall–Kier alpha value is -3.36. The molecule has 0 amide bonds. The van der Waals surface area contributed by atoms with Crippen LogP contribution in [-0.4, -0.2) is 38.2 Å². The predicted molar refractivity (Wildman–Crippen MR) is 131 cm³/mol. The van der Waals surface area contributed by atoms with Crippen molar-refractivity contribution in [3.05, 3.63) is 79.7 Å². The van der Waals surface area contributed by atoms with Gasteiger partial charge in [-0.3, -0.25) is 9.78 Å². The summed E-state index contributed by atoms with van der Waals surface area (Å²) in [6.45, 7) is 7.73. The van der Waals surface area contributed by atoms with Crippen molar-refractivity contribution in [2.24, 2.45) is 0 Å². The Morgan fingerprint density at radius 3 is 2.68 bits per heavy atom. The van der Waals surface area contributed by atoms with E-state index in [2.05, 4.69) is 20.9 Å². The van der Waals surface area contributed by atoms with Crippen molar-refractivity contribution >= 4 is 23.1 Å². The molecule has 174 valence electrons. The zero-order valence-electron chi connectivity index (χ0n) is 19.6. The van der Waals surface area contributed by atoms with Crippen LogP contribution in [0.4, 0.5) is 5.82 Å². The highest BCUT2D eigenvalue weighted by molar-refractivity contribution is 6.29. The van der Waals surface area contributed by atoms with Gasteiger partial charge in [0.25, 0.3) is 5.56 Å². The van der Waals surface area contributed by atoms with E-state index in [0.717, 1.165) is 57.9 Å². The second kappa shape index (κ2) is 8.77. The first-order valence-electron chi connectivity index (χ1n) is 11.1. The molecule has 8 nitrogen and oxygen atoms in total. The number of methoxy groups -OCH3 is 1. The summed E-state index contributed by atoms with van der Waals surface area (Å²) in [5, 5.41) is 5.20. The Labute approximate surface area is 202 Å². The van der Waals surface area contributed by atoms with Gasteiger partial charge in [-0.05, 0) is 44.0 Å². The molecular weight excluding hydrogens is 452 g/mol. The van der Waals surface area contributed by atoms with Crippen LogP contribution in [0.2, 0.25) is 5.15 Å². The monoisotopic (exact) mass is 476 g/mol. The highest BCUT2D eigenvalue weighted by atomic mass is 35.5. The van der Waals surface area contributed by atoms with Crippen molar-refractivity contribution in [3.8, 4) is 11.1 Å². The summed E-state index contributed by atoms with van der Waals surface area (Å²) in [7, 11) is 1.59. The van der Waals surface area contributed by atoms with Crippen molar-refractivity contribution in [2.45, 2.75) is 40.3 Å². The molecule has 1 aliphatic rings. The third-order valence-electron chi connectivity index (χ3n) is 6.40. The number of hydrogen-bond acceptors (Lipinski definition) is 7. The number of ether oxygens (including phenoxy) is 1. The molecule has 0 radical (unpaired) electrons. The van der Waals surface area contributed by atoms with Crippen molar-refractivity contribution in [2.75, 3.05) is 18.6 Å². The number of fused-ring (bicyclic) bond motifs is 2. The topological polar surface area (TPSA) is 85.5 Å². The summed E-state index contributed by atoms with van der Waals surface area (Å²) in [6.07, 6.45) is 4.49. The van der Waals surface area contributed by atoms with E-state index in [4.69, 9.17) is 26.4 Å². The van der Waals surface area contributed by atoms with Gasteiger partial charge in [-0.15, -0.1) is 5.10 Å². The lowest BCUT2D eigenvalue weighted by Gasteiger charge is -2.31. The molecule has 0 fully saturated rings. The molecule has 0 saturated carbocycles. The molecule has 9 heteroatoms. The van der Waals surface area contributed by atoms with Crippen LogP contribution in [0.5, 0.6) is 0 Å². The van der Waals surface area contributed by atoms with E-state index in [0.29, 0.717) is 23.0 Å². The Balaban J connectivity index is 1.54. The number of aryl methyl sites for hydroxylation is 2. The minimum absolute atomic E-state index is 0.214. The molecule has 5 heterocycles. The predicted octanol–water partition coefficient (Wildman–Crippen LogP) is 3.83. The molecule has 5 rings (SSSR count). The lowest BCUT2D eigenvalue weighted by atomic mass is 9.98.